The number of nitrogens with zero attached hydrogens (tertiary/aromatic N) is 1. The molecule has 1 aliphatic rings. The minimum atomic E-state index is -0.519. The Bertz CT molecular complexity index is 321. The van der Waals surface area contributed by atoms with Crippen molar-refractivity contribution < 1.29 is 19.1 Å². The van der Waals surface area contributed by atoms with Crippen molar-refractivity contribution in [2.24, 2.45) is 5.92 Å². The Balaban J connectivity index is 2.71. The second kappa shape index (κ2) is 5.59. The largest absolute Gasteiger partial charge is 0.469 e. The van der Waals surface area contributed by atoms with Gasteiger partial charge in [-0.2, -0.15) is 0 Å². The van der Waals surface area contributed by atoms with E-state index in [0.29, 0.717) is 6.54 Å². The number of carbonyl (C=O) groups is 2. The molecule has 1 amide bonds. The summed E-state index contributed by atoms with van der Waals surface area (Å²) in [6.45, 7) is 7.99. The lowest BCUT2D eigenvalue weighted by Crippen LogP contribution is -2.50. The van der Waals surface area contributed by atoms with Crippen LogP contribution in [0.4, 0.5) is 4.79 Å². The minimum Gasteiger partial charge on any atom is -0.469 e. The van der Waals surface area contributed by atoms with Gasteiger partial charge in [0.05, 0.1) is 13.0 Å². The van der Waals surface area contributed by atoms with Crippen molar-refractivity contribution in [3.8, 4) is 0 Å². The van der Waals surface area contributed by atoms with Crippen LogP contribution in [-0.4, -0.2) is 42.3 Å². The molecule has 0 aliphatic carbocycles. The first kappa shape index (κ1) is 14.8. The summed E-state index contributed by atoms with van der Waals surface area (Å²) in [7, 11) is 1.38. The maximum absolute atomic E-state index is 12.0. The third-order valence-electron chi connectivity index (χ3n) is 3.12. The van der Waals surface area contributed by atoms with Crippen LogP contribution in [0, 0.1) is 5.92 Å². The van der Waals surface area contributed by atoms with Gasteiger partial charge in [0.25, 0.3) is 0 Å². The quantitative estimate of drug-likeness (QED) is 0.676. The van der Waals surface area contributed by atoms with Gasteiger partial charge in [-0.3, -0.25) is 4.79 Å². The van der Waals surface area contributed by atoms with Crippen LogP contribution >= 0.6 is 0 Å². The molecule has 1 saturated heterocycles. The minimum absolute atomic E-state index is 0.180. The van der Waals surface area contributed by atoms with E-state index < -0.39 is 5.60 Å². The normalized spacial score (nSPS) is 24.6. The van der Waals surface area contributed by atoms with Crippen molar-refractivity contribution in [3.05, 3.63) is 0 Å². The van der Waals surface area contributed by atoms with Crippen molar-refractivity contribution in [2.45, 2.75) is 52.2 Å². The highest BCUT2D eigenvalue weighted by Crippen LogP contribution is 2.26. The number of hydrogen-bond acceptors (Lipinski definition) is 4. The van der Waals surface area contributed by atoms with E-state index in [4.69, 9.17) is 9.47 Å². The van der Waals surface area contributed by atoms with Crippen LogP contribution in [-0.2, 0) is 14.3 Å². The van der Waals surface area contributed by atoms with E-state index in [1.807, 2.05) is 27.7 Å². The fraction of sp³-hybridized carbons (Fsp3) is 0.846. The molecule has 2 atom stereocenters. The zero-order valence-corrected chi connectivity index (χ0v) is 11.9. The molecule has 104 valence electrons. The number of rotatable bonds is 1. The fourth-order valence-electron chi connectivity index (χ4n) is 2.19. The summed E-state index contributed by atoms with van der Waals surface area (Å²) in [6, 6.07) is -0.180. The molecule has 0 saturated carbocycles. The van der Waals surface area contributed by atoms with E-state index in [1.54, 1.807) is 4.90 Å². The first-order valence-corrected chi connectivity index (χ1v) is 6.33. The predicted octanol–water partition coefficient (Wildman–Crippen LogP) is 2.20. The molecule has 5 heteroatoms. The van der Waals surface area contributed by atoms with Crippen LogP contribution in [0.5, 0.6) is 0 Å². The Morgan fingerprint density at radius 2 is 1.89 bits per heavy atom. The van der Waals surface area contributed by atoms with Crippen LogP contribution < -0.4 is 0 Å². The lowest BCUT2D eigenvalue weighted by atomic mass is 9.90. The molecule has 1 rings (SSSR count). The van der Waals surface area contributed by atoms with Gasteiger partial charge in [0.1, 0.15) is 5.60 Å². The maximum Gasteiger partial charge on any atom is 0.410 e. The molecule has 1 heterocycles. The Morgan fingerprint density at radius 1 is 1.28 bits per heavy atom. The van der Waals surface area contributed by atoms with Crippen molar-refractivity contribution in [3.63, 3.8) is 0 Å². The second-order valence-corrected chi connectivity index (χ2v) is 5.69. The molecule has 0 spiro atoms. The third kappa shape index (κ3) is 3.62. The molecule has 18 heavy (non-hydrogen) atoms. The highest BCUT2D eigenvalue weighted by atomic mass is 16.6. The molecule has 1 aliphatic heterocycles. The van der Waals surface area contributed by atoms with Crippen molar-refractivity contribution in [2.75, 3.05) is 13.7 Å². The highest BCUT2D eigenvalue weighted by Gasteiger charge is 2.37. The highest BCUT2D eigenvalue weighted by molar-refractivity contribution is 5.75. The number of methoxy groups -OCH3 is 1. The van der Waals surface area contributed by atoms with E-state index in [0.717, 1.165) is 12.8 Å². The molecule has 0 aromatic rings. The fourth-order valence-corrected chi connectivity index (χ4v) is 2.19. The maximum atomic E-state index is 12.0. The topological polar surface area (TPSA) is 55.8 Å². The number of ether oxygens (including phenoxy) is 2. The van der Waals surface area contributed by atoms with E-state index in [1.165, 1.54) is 7.11 Å². The molecule has 0 N–H and O–H groups in total. The van der Waals surface area contributed by atoms with Crippen molar-refractivity contribution in [1.82, 2.24) is 4.90 Å². The van der Waals surface area contributed by atoms with Crippen LogP contribution in [0.15, 0.2) is 0 Å². The molecule has 1 fully saturated rings. The Labute approximate surface area is 108 Å². The van der Waals surface area contributed by atoms with Gasteiger partial charge in [0.2, 0.25) is 0 Å². The van der Waals surface area contributed by atoms with Gasteiger partial charge in [-0.25, -0.2) is 4.79 Å². The molecule has 5 nitrogen and oxygen atoms in total. The van der Waals surface area contributed by atoms with Crippen LogP contribution in [0.1, 0.15) is 40.5 Å². The smallest absolute Gasteiger partial charge is 0.410 e. The van der Waals surface area contributed by atoms with Crippen LogP contribution in [0.3, 0.4) is 0 Å². The average molecular weight is 257 g/mol. The molecular weight excluding hydrogens is 234 g/mol. The van der Waals surface area contributed by atoms with Crippen LogP contribution in [0.2, 0.25) is 0 Å². The summed E-state index contributed by atoms with van der Waals surface area (Å²) in [6.07, 6.45) is 1.19. The van der Waals surface area contributed by atoms with E-state index in [-0.39, 0.29) is 24.0 Å². The van der Waals surface area contributed by atoms with Gasteiger partial charge in [0.15, 0.2) is 0 Å². The first-order valence-electron chi connectivity index (χ1n) is 6.33. The molecule has 0 bridgehead atoms. The van der Waals surface area contributed by atoms with E-state index >= 15 is 0 Å². The molecule has 0 radical (unpaired) electrons. The van der Waals surface area contributed by atoms with Gasteiger partial charge in [-0.15, -0.1) is 0 Å². The summed E-state index contributed by atoms with van der Waals surface area (Å²) in [5.41, 5.74) is -0.519. The Kier molecular flexibility index (Phi) is 4.59. The van der Waals surface area contributed by atoms with Gasteiger partial charge in [-0.05, 0) is 40.5 Å². The lowest BCUT2D eigenvalue weighted by Gasteiger charge is -2.38. The molecule has 0 aromatic heterocycles. The number of piperidine rings is 1. The number of hydrogen-bond donors (Lipinski definition) is 0. The summed E-state index contributed by atoms with van der Waals surface area (Å²) < 4.78 is 10.1. The monoisotopic (exact) mass is 257 g/mol. The number of likely N-dealkylation sites (tertiary alicyclic amines) is 1. The third-order valence-corrected chi connectivity index (χ3v) is 3.12. The number of amides is 1. The van der Waals surface area contributed by atoms with Gasteiger partial charge in [-0.1, -0.05) is 0 Å². The van der Waals surface area contributed by atoms with Gasteiger partial charge in [0, 0.05) is 12.6 Å². The Hall–Kier alpha value is -1.26. The average Bonchev–Trinajstić information content (AvgIpc) is 2.26. The van der Waals surface area contributed by atoms with Crippen molar-refractivity contribution >= 4 is 12.1 Å². The van der Waals surface area contributed by atoms with Crippen molar-refractivity contribution in [1.29, 1.82) is 0 Å². The van der Waals surface area contributed by atoms with E-state index in [2.05, 4.69) is 0 Å². The van der Waals surface area contributed by atoms with Crippen LogP contribution in [0.25, 0.3) is 0 Å². The van der Waals surface area contributed by atoms with E-state index in [9.17, 15) is 9.59 Å². The number of esters is 1. The zero-order valence-electron chi connectivity index (χ0n) is 11.9. The zero-order chi connectivity index (χ0) is 13.9. The summed E-state index contributed by atoms with van der Waals surface area (Å²) in [5, 5.41) is 0. The standard InChI is InChI=1S/C13H23NO4/c1-9-10(11(15)17-5)7-6-8-14(9)12(16)18-13(2,3)4/h9-10H,6-8H2,1-5H3/t9-,10+/m1/s1. The number of carbonyl (C=O) groups excluding carboxylic acids is 2. The van der Waals surface area contributed by atoms with Gasteiger partial charge >= 0.3 is 12.1 Å². The molecule has 0 unspecified atom stereocenters. The lowest BCUT2D eigenvalue weighted by molar-refractivity contribution is -0.149. The SMILES string of the molecule is COC(=O)[C@H]1CCCN(C(=O)OC(C)(C)C)[C@@H]1C. The summed E-state index contributed by atoms with van der Waals surface area (Å²) in [4.78, 5) is 25.3. The van der Waals surface area contributed by atoms with Gasteiger partial charge < -0.3 is 14.4 Å². The molecule has 0 aromatic carbocycles. The Morgan fingerprint density at radius 3 is 2.39 bits per heavy atom. The predicted molar refractivity (Wildman–Crippen MR) is 67.1 cm³/mol. The summed E-state index contributed by atoms with van der Waals surface area (Å²) in [5.74, 6) is -0.507. The first-order chi connectivity index (χ1) is 8.26. The summed E-state index contributed by atoms with van der Waals surface area (Å²) >= 11 is 0. The molecular formula is C13H23NO4. The second-order valence-electron chi connectivity index (χ2n) is 5.69.